The number of rotatable bonds is 5. The van der Waals surface area contributed by atoms with Crippen molar-refractivity contribution in [2.24, 2.45) is 10.1 Å². The highest BCUT2D eigenvalue weighted by molar-refractivity contribution is 7.99. The first kappa shape index (κ1) is 13.2. The normalized spacial score (nSPS) is 15.3. The number of hydrogen-bond donors (Lipinski definition) is 2. The van der Waals surface area contributed by atoms with Gasteiger partial charge in [-0.25, -0.2) is 0 Å². The van der Waals surface area contributed by atoms with Gasteiger partial charge >= 0.3 is 0 Å². The fourth-order valence-electron chi connectivity index (χ4n) is 1.61. The first-order chi connectivity index (χ1) is 8.68. The van der Waals surface area contributed by atoms with Gasteiger partial charge in [-0.3, -0.25) is 4.21 Å². The van der Waals surface area contributed by atoms with E-state index in [9.17, 15) is 4.21 Å². The van der Waals surface area contributed by atoms with Gasteiger partial charge in [-0.2, -0.15) is 4.40 Å². The molecule has 0 radical (unpaired) electrons. The Bertz CT molecular complexity index is 491. The molecule has 1 aromatic carbocycles. The molecule has 0 aliphatic carbocycles. The second kappa shape index (κ2) is 6.10. The van der Waals surface area contributed by atoms with Gasteiger partial charge in [-0.05, 0) is 18.6 Å². The fraction of sp³-hybridized carbons (Fsp3) is 0.364. The maximum Gasteiger partial charge on any atom is 0.146 e. The maximum atomic E-state index is 10.9. The zero-order valence-electron chi connectivity index (χ0n) is 10.0. The molecule has 1 unspecified atom stereocenters. The molecule has 1 aromatic rings. The molecule has 2 rings (SSSR count). The minimum absolute atomic E-state index is 0.461. The predicted octanol–water partition coefficient (Wildman–Crippen LogP) is 1.53. The molecule has 7 heteroatoms. The van der Waals surface area contributed by atoms with Gasteiger partial charge in [0.05, 0.1) is 30.0 Å². The molecule has 18 heavy (non-hydrogen) atoms. The first-order valence-corrected chi connectivity index (χ1v) is 8.00. The van der Waals surface area contributed by atoms with E-state index in [-0.39, 0.29) is 0 Å². The Morgan fingerprint density at radius 3 is 3.17 bits per heavy atom. The Morgan fingerprint density at radius 1 is 1.56 bits per heavy atom. The number of nitrogens with two attached hydrogens (primary N) is 1. The molecule has 0 amide bonds. The van der Waals surface area contributed by atoms with Gasteiger partial charge in [0.1, 0.15) is 11.6 Å². The van der Waals surface area contributed by atoms with Crippen LogP contribution in [0.1, 0.15) is 12.0 Å². The van der Waals surface area contributed by atoms with Crippen LogP contribution in [0.25, 0.3) is 0 Å². The van der Waals surface area contributed by atoms with Gasteiger partial charge in [0.15, 0.2) is 0 Å². The summed E-state index contributed by atoms with van der Waals surface area (Å²) in [5, 5.41) is 0. The van der Waals surface area contributed by atoms with Crippen LogP contribution < -0.4 is 15.2 Å². The summed E-state index contributed by atoms with van der Waals surface area (Å²) in [5.74, 6) is 1.82. The molecule has 1 heterocycles. The highest BCUT2D eigenvalue weighted by Gasteiger charge is 2.17. The Balaban J connectivity index is 2.06. The third-order valence-electron chi connectivity index (χ3n) is 2.42. The van der Waals surface area contributed by atoms with E-state index in [2.05, 4.69) is 9.12 Å². The van der Waals surface area contributed by atoms with Gasteiger partial charge in [-0.15, -0.1) is 0 Å². The second-order valence-corrected chi connectivity index (χ2v) is 5.95. The van der Waals surface area contributed by atoms with Crippen LogP contribution in [0.2, 0.25) is 0 Å². The number of benzene rings is 1. The van der Waals surface area contributed by atoms with Crippen molar-refractivity contribution in [3.05, 3.63) is 23.8 Å². The smallest absolute Gasteiger partial charge is 0.146 e. The van der Waals surface area contributed by atoms with Gasteiger partial charge in [0.2, 0.25) is 0 Å². The topological polar surface area (TPSA) is 76.7 Å². The van der Waals surface area contributed by atoms with Crippen molar-refractivity contribution in [3.8, 4) is 5.75 Å². The van der Waals surface area contributed by atoms with E-state index < -0.39 is 10.8 Å². The van der Waals surface area contributed by atoms with Crippen molar-refractivity contribution in [1.29, 1.82) is 0 Å². The van der Waals surface area contributed by atoms with Crippen LogP contribution in [0, 0.1) is 0 Å². The third kappa shape index (κ3) is 3.17. The summed E-state index contributed by atoms with van der Waals surface area (Å²) in [5.41, 5.74) is 7.57. The summed E-state index contributed by atoms with van der Waals surface area (Å²) < 4.78 is 23.7. The van der Waals surface area contributed by atoms with E-state index in [4.69, 9.17) is 10.5 Å². The minimum Gasteiger partial charge on any atom is -0.493 e. The van der Waals surface area contributed by atoms with Crippen LogP contribution in [0.5, 0.6) is 5.75 Å². The lowest BCUT2D eigenvalue weighted by molar-refractivity contribution is 0.318. The number of nitrogens with one attached hydrogen (secondary N) is 1. The molecule has 3 N–H and O–H groups in total. The van der Waals surface area contributed by atoms with E-state index >= 15 is 0 Å². The predicted molar refractivity (Wildman–Crippen MR) is 77.4 cm³/mol. The molecule has 1 aliphatic heterocycles. The minimum atomic E-state index is -0.777. The number of anilines is 1. The van der Waals surface area contributed by atoms with Crippen molar-refractivity contribution in [1.82, 2.24) is 0 Å². The molecule has 0 saturated heterocycles. The van der Waals surface area contributed by atoms with E-state index in [1.807, 2.05) is 18.2 Å². The maximum absolute atomic E-state index is 10.9. The zero-order chi connectivity index (χ0) is 13.0. The summed E-state index contributed by atoms with van der Waals surface area (Å²) in [6.07, 6.45) is 2.45. The van der Waals surface area contributed by atoms with Crippen molar-refractivity contribution in [2.75, 3.05) is 23.3 Å². The van der Waals surface area contributed by atoms with Crippen LogP contribution in [0.15, 0.2) is 22.6 Å². The van der Waals surface area contributed by atoms with Gasteiger partial charge in [0, 0.05) is 22.8 Å². The van der Waals surface area contributed by atoms with Crippen LogP contribution in [-0.2, 0) is 10.8 Å². The lowest BCUT2D eigenvalue weighted by Crippen LogP contribution is -2.19. The molecule has 0 aromatic heterocycles. The van der Waals surface area contributed by atoms with Crippen LogP contribution in [0.4, 0.5) is 5.69 Å². The third-order valence-corrected chi connectivity index (χ3v) is 3.88. The Kier molecular flexibility index (Phi) is 4.48. The highest BCUT2D eigenvalue weighted by atomic mass is 32.2. The number of amidine groups is 1. The molecule has 98 valence electrons. The van der Waals surface area contributed by atoms with Gasteiger partial charge in [0.25, 0.3) is 0 Å². The van der Waals surface area contributed by atoms with E-state index in [0.29, 0.717) is 23.9 Å². The highest BCUT2D eigenvalue weighted by Crippen LogP contribution is 2.32. The fourth-order valence-corrected chi connectivity index (χ4v) is 2.64. The number of nitrogens with zero attached hydrogens (tertiary/aromatic N) is 1. The summed E-state index contributed by atoms with van der Waals surface area (Å²) in [6, 6.07) is 5.69. The van der Waals surface area contributed by atoms with E-state index in [0.717, 1.165) is 17.7 Å². The summed E-state index contributed by atoms with van der Waals surface area (Å²) in [4.78, 5) is 0. The zero-order valence-corrected chi connectivity index (χ0v) is 11.6. The van der Waals surface area contributed by atoms with Crippen molar-refractivity contribution in [3.63, 3.8) is 0 Å². The van der Waals surface area contributed by atoms with Gasteiger partial charge < -0.3 is 15.2 Å². The van der Waals surface area contributed by atoms with Crippen LogP contribution >= 0.6 is 12.1 Å². The molecular weight excluding hydrogens is 270 g/mol. The van der Waals surface area contributed by atoms with Crippen molar-refractivity contribution in [2.45, 2.75) is 6.42 Å². The molecular formula is C11H15N3O2S2. The van der Waals surface area contributed by atoms with Crippen molar-refractivity contribution < 1.29 is 8.95 Å². The monoisotopic (exact) mass is 285 g/mol. The number of hydrogen-bond acceptors (Lipinski definition) is 6. The Labute approximate surface area is 113 Å². The van der Waals surface area contributed by atoms with Crippen LogP contribution in [-0.4, -0.2) is 28.7 Å². The SMILES string of the molecule is CS(=O)CCCOc1cccc2c1C(N)=NSN2. The quantitative estimate of drug-likeness (QED) is 0.634. The molecule has 0 fully saturated rings. The van der Waals surface area contributed by atoms with E-state index in [1.54, 1.807) is 6.26 Å². The van der Waals surface area contributed by atoms with E-state index in [1.165, 1.54) is 12.1 Å². The molecule has 0 bridgehead atoms. The largest absolute Gasteiger partial charge is 0.493 e. The summed E-state index contributed by atoms with van der Waals surface area (Å²) >= 11 is 1.20. The van der Waals surface area contributed by atoms with Crippen LogP contribution in [0.3, 0.4) is 0 Å². The second-order valence-electron chi connectivity index (χ2n) is 3.83. The molecule has 0 spiro atoms. The Hall–Kier alpha value is -1.21. The summed E-state index contributed by atoms with van der Waals surface area (Å²) in [6.45, 7) is 0.524. The van der Waals surface area contributed by atoms with Gasteiger partial charge in [-0.1, -0.05) is 6.07 Å². The Morgan fingerprint density at radius 2 is 2.39 bits per heavy atom. The molecule has 1 aliphatic rings. The molecule has 1 atom stereocenters. The first-order valence-electron chi connectivity index (χ1n) is 5.50. The molecule has 0 saturated carbocycles. The molecule has 5 nitrogen and oxygen atoms in total. The standard InChI is InChI=1S/C11H15N3O2S2/c1-18(15)7-3-6-16-9-5-2-4-8-10(9)11(12)14-17-13-8/h2,4-5,13H,3,6-7H2,1H3,(H2,12,14). The summed E-state index contributed by atoms with van der Waals surface area (Å²) in [7, 11) is -0.777. The lowest BCUT2D eigenvalue weighted by Gasteiger charge is -2.18. The average molecular weight is 285 g/mol. The number of ether oxygens (including phenoxy) is 1. The average Bonchev–Trinajstić information content (AvgIpc) is 2.34. The van der Waals surface area contributed by atoms with Crippen molar-refractivity contribution >= 4 is 34.5 Å². The lowest BCUT2D eigenvalue weighted by atomic mass is 10.1. The number of fused-ring (bicyclic) bond motifs is 1.